The number of aliphatic carboxylic acids is 1. The molecule has 0 spiro atoms. The number of carbonyl (C=O) groups is 3. The molecule has 0 aliphatic heterocycles. The summed E-state index contributed by atoms with van der Waals surface area (Å²) in [6.07, 6.45) is 3.77. The molecule has 2 aromatic rings. The molecule has 1 fully saturated rings. The number of hydroxylamine groups is 2. The zero-order valence-electron chi connectivity index (χ0n) is 20.1. The third kappa shape index (κ3) is 6.83. The fraction of sp³-hybridized carbons (Fsp3) is 0.444. The van der Waals surface area contributed by atoms with E-state index in [2.05, 4.69) is 5.32 Å². The van der Waals surface area contributed by atoms with Gasteiger partial charge in [-0.15, -0.1) is 0 Å². The fourth-order valence-corrected chi connectivity index (χ4v) is 4.55. The highest BCUT2D eigenvalue weighted by Gasteiger charge is 2.40. The van der Waals surface area contributed by atoms with Gasteiger partial charge in [0.25, 0.3) is 5.91 Å². The smallest absolute Gasteiger partial charge is 0.330 e. The molecule has 0 radical (unpaired) electrons. The first-order valence-corrected chi connectivity index (χ1v) is 11.9. The van der Waals surface area contributed by atoms with Crippen LogP contribution >= 0.6 is 0 Å². The minimum Gasteiger partial charge on any atom is -0.480 e. The normalized spacial score (nSPS) is 15.4. The van der Waals surface area contributed by atoms with Crippen molar-refractivity contribution >= 4 is 23.5 Å². The van der Waals surface area contributed by atoms with Crippen LogP contribution in [-0.4, -0.2) is 34.0 Å². The van der Waals surface area contributed by atoms with E-state index in [-0.39, 0.29) is 24.2 Å². The Hall–Kier alpha value is -3.35. The van der Waals surface area contributed by atoms with Gasteiger partial charge in [0.15, 0.2) is 11.8 Å². The van der Waals surface area contributed by atoms with Crippen molar-refractivity contribution in [1.29, 1.82) is 0 Å². The molecule has 2 amide bonds. The highest BCUT2D eigenvalue weighted by molar-refractivity contribution is 5.91. The first-order chi connectivity index (χ1) is 16.2. The van der Waals surface area contributed by atoms with E-state index in [0.29, 0.717) is 12.2 Å². The van der Waals surface area contributed by atoms with E-state index in [1.165, 1.54) is 0 Å². The van der Waals surface area contributed by atoms with E-state index >= 15 is 0 Å². The second-order valence-electron chi connectivity index (χ2n) is 9.27. The van der Waals surface area contributed by atoms with Gasteiger partial charge >= 0.3 is 5.97 Å². The lowest BCUT2D eigenvalue weighted by molar-refractivity contribution is -0.185. The lowest BCUT2D eigenvalue weighted by atomic mass is 9.94. The number of benzene rings is 2. The van der Waals surface area contributed by atoms with Gasteiger partial charge in [-0.1, -0.05) is 44.0 Å². The summed E-state index contributed by atoms with van der Waals surface area (Å²) in [6, 6.07) is 13.3. The Labute approximate surface area is 201 Å². The van der Waals surface area contributed by atoms with Crippen molar-refractivity contribution in [1.82, 2.24) is 5.06 Å². The highest BCUT2D eigenvalue weighted by atomic mass is 16.7. The number of hydrogen-bond donors (Lipinski definition) is 2. The maximum atomic E-state index is 13.3. The van der Waals surface area contributed by atoms with Gasteiger partial charge in [0.05, 0.1) is 0 Å². The number of anilines is 1. The van der Waals surface area contributed by atoms with E-state index in [9.17, 15) is 19.5 Å². The van der Waals surface area contributed by atoms with Crippen molar-refractivity contribution in [3.8, 4) is 5.75 Å². The largest absolute Gasteiger partial charge is 0.480 e. The van der Waals surface area contributed by atoms with Gasteiger partial charge < -0.3 is 15.3 Å². The quantitative estimate of drug-likeness (QED) is 0.474. The molecule has 1 saturated carbocycles. The molecule has 1 aliphatic rings. The molecule has 3 rings (SSSR count). The van der Waals surface area contributed by atoms with Crippen LogP contribution in [0.5, 0.6) is 5.75 Å². The summed E-state index contributed by atoms with van der Waals surface area (Å²) in [6.45, 7) is 5.67. The van der Waals surface area contributed by atoms with Crippen molar-refractivity contribution in [2.75, 3.05) is 5.32 Å². The Morgan fingerprint density at radius 2 is 1.68 bits per heavy atom. The van der Waals surface area contributed by atoms with Crippen LogP contribution in [-0.2, 0) is 14.4 Å². The molecule has 7 heteroatoms. The average molecular weight is 467 g/mol. The maximum Gasteiger partial charge on any atom is 0.330 e. The van der Waals surface area contributed by atoms with Gasteiger partial charge in [-0.2, -0.15) is 5.06 Å². The van der Waals surface area contributed by atoms with Crippen molar-refractivity contribution in [2.24, 2.45) is 11.8 Å². The van der Waals surface area contributed by atoms with Gasteiger partial charge in [0, 0.05) is 18.0 Å². The Morgan fingerprint density at radius 3 is 2.26 bits per heavy atom. The van der Waals surface area contributed by atoms with Crippen LogP contribution < -0.4 is 10.2 Å². The van der Waals surface area contributed by atoms with Gasteiger partial charge in [-0.25, -0.2) is 4.79 Å². The van der Waals surface area contributed by atoms with E-state index in [0.717, 1.165) is 47.6 Å². The molecular formula is C27H34N2O5. The molecule has 7 nitrogen and oxygen atoms in total. The van der Waals surface area contributed by atoms with Gasteiger partial charge in [0.2, 0.25) is 5.91 Å². The summed E-state index contributed by atoms with van der Waals surface area (Å²) in [5.41, 5.74) is 2.82. The predicted molar refractivity (Wildman–Crippen MR) is 130 cm³/mol. The number of para-hydroxylation sites is 1. The SMILES string of the molecule is Cc1cc(C)cc(NC(=O)CCC(C)[C@H](C(=O)O)N(Oc2ccccc2)C(=O)C2CCCC2)c1. The molecule has 2 atom stereocenters. The first-order valence-electron chi connectivity index (χ1n) is 11.9. The summed E-state index contributed by atoms with van der Waals surface area (Å²) in [5.74, 6) is -1.99. The molecule has 1 aliphatic carbocycles. The van der Waals surface area contributed by atoms with Crippen LogP contribution in [0.15, 0.2) is 48.5 Å². The van der Waals surface area contributed by atoms with Crippen molar-refractivity contribution in [3.63, 3.8) is 0 Å². The van der Waals surface area contributed by atoms with Gasteiger partial charge in [-0.05, 0) is 74.4 Å². The van der Waals surface area contributed by atoms with Crippen LogP contribution in [0.4, 0.5) is 5.69 Å². The first kappa shape index (κ1) is 25.3. The Bertz CT molecular complexity index is 981. The van der Waals surface area contributed by atoms with E-state index in [1.807, 2.05) is 38.1 Å². The minimum atomic E-state index is -1.21. The van der Waals surface area contributed by atoms with Gasteiger partial charge in [0.1, 0.15) is 0 Å². The monoisotopic (exact) mass is 466 g/mol. The Balaban J connectivity index is 1.72. The number of rotatable bonds is 10. The molecule has 2 aromatic carbocycles. The third-order valence-corrected chi connectivity index (χ3v) is 6.25. The molecule has 182 valence electrons. The summed E-state index contributed by atoms with van der Waals surface area (Å²) < 4.78 is 0. The van der Waals surface area contributed by atoms with Crippen molar-refractivity contribution < 1.29 is 24.3 Å². The van der Waals surface area contributed by atoms with E-state index in [4.69, 9.17) is 4.84 Å². The van der Waals surface area contributed by atoms with Crippen LogP contribution in [0.25, 0.3) is 0 Å². The molecule has 0 heterocycles. The van der Waals surface area contributed by atoms with Crippen LogP contribution in [0.3, 0.4) is 0 Å². The second kappa shape index (κ2) is 11.7. The topological polar surface area (TPSA) is 95.9 Å². The van der Waals surface area contributed by atoms with Crippen LogP contribution in [0.1, 0.15) is 56.6 Å². The molecule has 2 N–H and O–H groups in total. The Morgan fingerprint density at radius 1 is 1.06 bits per heavy atom. The lowest BCUT2D eigenvalue weighted by Gasteiger charge is -2.33. The summed E-state index contributed by atoms with van der Waals surface area (Å²) in [7, 11) is 0. The van der Waals surface area contributed by atoms with Crippen LogP contribution in [0.2, 0.25) is 0 Å². The highest BCUT2D eigenvalue weighted by Crippen LogP contribution is 2.30. The third-order valence-electron chi connectivity index (χ3n) is 6.25. The number of carbonyl (C=O) groups excluding carboxylic acids is 2. The lowest BCUT2D eigenvalue weighted by Crippen LogP contribution is -2.52. The standard InChI is InChI=1S/C27H34N2O5/c1-18-15-19(2)17-22(16-18)28-24(30)14-13-20(3)25(27(32)33)29(26(31)21-9-7-8-10-21)34-23-11-5-4-6-12-23/h4-6,11-12,15-17,20-21,25H,7-10,13-14H2,1-3H3,(H,28,30)(H,32,33)/t20?,25-/m1/s1. The summed E-state index contributed by atoms with van der Waals surface area (Å²) in [4.78, 5) is 44.1. The average Bonchev–Trinajstić information content (AvgIpc) is 3.31. The van der Waals surface area contributed by atoms with Crippen LogP contribution in [0, 0.1) is 25.7 Å². The summed E-state index contributed by atoms with van der Waals surface area (Å²) in [5, 5.41) is 14.0. The fourth-order valence-electron chi connectivity index (χ4n) is 4.55. The van der Waals surface area contributed by atoms with Crippen molar-refractivity contribution in [2.45, 2.75) is 65.3 Å². The predicted octanol–water partition coefficient (Wildman–Crippen LogP) is 5.12. The number of nitrogens with zero attached hydrogens (tertiary/aromatic N) is 1. The molecule has 0 aromatic heterocycles. The second-order valence-corrected chi connectivity index (χ2v) is 9.27. The molecule has 0 bridgehead atoms. The molecule has 34 heavy (non-hydrogen) atoms. The summed E-state index contributed by atoms with van der Waals surface area (Å²) >= 11 is 0. The van der Waals surface area contributed by atoms with Crippen molar-refractivity contribution in [3.05, 3.63) is 59.7 Å². The van der Waals surface area contributed by atoms with Gasteiger partial charge in [-0.3, -0.25) is 9.59 Å². The number of nitrogens with one attached hydrogen (secondary N) is 1. The molecule has 1 unspecified atom stereocenters. The number of aryl methyl sites for hydroxylation is 2. The number of carboxylic acids is 1. The molecule has 0 saturated heterocycles. The minimum absolute atomic E-state index is 0.134. The zero-order chi connectivity index (χ0) is 24.7. The molecular weight excluding hydrogens is 432 g/mol. The Kier molecular flexibility index (Phi) is 8.68. The number of amides is 2. The number of hydrogen-bond acceptors (Lipinski definition) is 4. The zero-order valence-corrected chi connectivity index (χ0v) is 20.1. The van der Waals surface area contributed by atoms with E-state index < -0.39 is 17.9 Å². The van der Waals surface area contributed by atoms with E-state index in [1.54, 1.807) is 31.2 Å². The maximum absolute atomic E-state index is 13.3. The number of carboxylic acid groups (broad SMARTS) is 1.